The highest BCUT2D eigenvalue weighted by Gasteiger charge is 1.98. The molecule has 2 rings (SSSR count). The summed E-state index contributed by atoms with van der Waals surface area (Å²) in [7, 11) is 0. The Balaban J connectivity index is 0.000000324. The molecule has 0 aliphatic carbocycles. The molecule has 0 atom stereocenters. The van der Waals surface area contributed by atoms with E-state index in [2.05, 4.69) is 0 Å². The second kappa shape index (κ2) is 8.00. The molecule has 0 aromatic heterocycles. The summed E-state index contributed by atoms with van der Waals surface area (Å²) < 4.78 is 0. The Morgan fingerprint density at radius 1 is 0.895 bits per heavy atom. The van der Waals surface area contributed by atoms with Crippen LogP contribution in [0.3, 0.4) is 0 Å². The van der Waals surface area contributed by atoms with Crippen molar-refractivity contribution in [3.8, 4) is 5.75 Å². The number of phenolic OH excluding ortho intramolecular Hbond substituents is 1. The second-order valence-corrected chi connectivity index (χ2v) is 4.41. The summed E-state index contributed by atoms with van der Waals surface area (Å²) in [6, 6.07) is 10.3. The van der Waals surface area contributed by atoms with Crippen LogP contribution in [-0.2, 0) is 0 Å². The maximum atomic E-state index is 8.89. The van der Waals surface area contributed by atoms with E-state index in [1.54, 1.807) is 18.2 Å². The molecule has 0 spiro atoms. The molecule has 5 N–H and O–H groups in total. The molecule has 0 amide bonds. The number of nitrogen functional groups attached to an aromatic ring is 2. The predicted molar refractivity (Wildman–Crippen MR) is 85.4 cm³/mol. The van der Waals surface area contributed by atoms with E-state index < -0.39 is 0 Å². The fraction of sp³-hybridized carbons (Fsp3) is 0.0769. The molecule has 0 unspecified atom stereocenters. The lowest BCUT2D eigenvalue weighted by atomic mass is 10.2. The molecular formula is C13H15Cl3N2O. The van der Waals surface area contributed by atoms with Crippen LogP contribution in [-0.4, -0.2) is 5.11 Å². The van der Waals surface area contributed by atoms with E-state index >= 15 is 0 Å². The molecule has 104 valence electrons. The third-order valence-corrected chi connectivity index (χ3v) is 3.16. The zero-order chi connectivity index (χ0) is 13.7. The van der Waals surface area contributed by atoms with Crippen LogP contribution in [0.15, 0.2) is 36.4 Å². The summed E-state index contributed by atoms with van der Waals surface area (Å²) in [6.07, 6.45) is 0. The third-order valence-electron chi connectivity index (χ3n) is 2.23. The number of benzene rings is 2. The summed E-state index contributed by atoms with van der Waals surface area (Å²) in [5.41, 5.74) is 12.9. The zero-order valence-corrected chi connectivity index (χ0v) is 12.6. The number of aryl methyl sites for hydroxylation is 1. The SMILES string of the molecule is Cc1cccc(N)c1Cl.Cl.Nc1cccc(O)c1Cl. The fourth-order valence-corrected chi connectivity index (χ4v) is 1.46. The highest BCUT2D eigenvalue weighted by Crippen LogP contribution is 2.27. The van der Waals surface area contributed by atoms with Crippen LogP contribution in [0, 0.1) is 6.92 Å². The molecule has 0 saturated carbocycles. The number of aromatic hydroxyl groups is 1. The number of rotatable bonds is 0. The molecule has 2 aromatic carbocycles. The van der Waals surface area contributed by atoms with Crippen molar-refractivity contribution in [1.82, 2.24) is 0 Å². The van der Waals surface area contributed by atoms with Crippen LogP contribution in [0.2, 0.25) is 10.0 Å². The molecule has 0 heterocycles. The Kier molecular flexibility index (Phi) is 7.45. The number of nitrogens with two attached hydrogens (primary N) is 2. The van der Waals surface area contributed by atoms with Gasteiger partial charge in [0.2, 0.25) is 0 Å². The van der Waals surface area contributed by atoms with Crippen molar-refractivity contribution in [1.29, 1.82) is 0 Å². The molecule has 0 fully saturated rings. The van der Waals surface area contributed by atoms with Crippen molar-refractivity contribution in [3.63, 3.8) is 0 Å². The number of hydrogen-bond donors (Lipinski definition) is 3. The Morgan fingerprint density at radius 3 is 1.74 bits per heavy atom. The van der Waals surface area contributed by atoms with Crippen LogP contribution in [0.1, 0.15) is 5.56 Å². The number of phenols is 1. The molecule has 0 saturated heterocycles. The smallest absolute Gasteiger partial charge is 0.136 e. The van der Waals surface area contributed by atoms with E-state index in [4.69, 9.17) is 39.8 Å². The van der Waals surface area contributed by atoms with Crippen molar-refractivity contribution in [3.05, 3.63) is 52.0 Å². The number of halogens is 3. The van der Waals surface area contributed by atoms with Gasteiger partial charge in [0, 0.05) is 0 Å². The van der Waals surface area contributed by atoms with Crippen molar-refractivity contribution in [2.24, 2.45) is 0 Å². The van der Waals surface area contributed by atoms with Gasteiger partial charge >= 0.3 is 0 Å². The van der Waals surface area contributed by atoms with Gasteiger partial charge in [-0.15, -0.1) is 12.4 Å². The van der Waals surface area contributed by atoms with Gasteiger partial charge in [0.25, 0.3) is 0 Å². The molecule has 19 heavy (non-hydrogen) atoms. The quantitative estimate of drug-likeness (QED) is 0.634. The van der Waals surface area contributed by atoms with Gasteiger partial charge in [0.1, 0.15) is 10.8 Å². The summed E-state index contributed by atoms with van der Waals surface area (Å²) >= 11 is 11.3. The summed E-state index contributed by atoms with van der Waals surface area (Å²) in [4.78, 5) is 0. The van der Waals surface area contributed by atoms with E-state index in [9.17, 15) is 0 Å². The summed E-state index contributed by atoms with van der Waals surface area (Å²) in [6.45, 7) is 1.93. The average molecular weight is 322 g/mol. The van der Waals surface area contributed by atoms with Crippen molar-refractivity contribution in [2.45, 2.75) is 6.92 Å². The van der Waals surface area contributed by atoms with Gasteiger partial charge in [-0.3, -0.25) is 0 Å². The van der Waals surface area contributed by atoms with Gasteiger partial charge < -0.3 is 16.6 Å². The summed E-state index contributed by atoms with van der Waals surface area (Å²) in [5.74, 6) is 0.0247. The first kappa shape index (κ1) is 17.7. The monoisotopic (exact) mass is 320 g/mol. The lowest BCUT2D eigenvalue weighted by molar-refractivity contribution is 0.476. The summed E-state index contributed by atoms with van der Waals surface area (Å²) in [5, 5.41) is 9.77. The fourth-order valence-electron chi connectivity index (χ4n) is 1.21. The first-order valence-corrected chi connectivity index (χ1v) is 5.92. The Hall–Kier alpha value is -1.29. The van der Waals surface area contributed by atoms with Gasteiger partial charge in [-0.05, 0) is 30.7 Å². The maximum Gasteiger partial charge on any atom is 0.136 e. The predicted octanol–water partition coefficient (Wildman–Crippen LogP) is 4.28. The van der Waals surface area contributed by atoms with E-state index in [0.717, 1.165) is 5.56 Å². The average Bonchev–Trinajstić information content (AvgIpc) is 2.34. The van der Waals surface area contributed by atoms with Crippen LogP contribution in [0.4, 0.5) is 11.4 Å². The maximum absolute atomic E-state index is 8.89. The molecule has 6 heteroatoms. The van der Waals surface area contributed by atoms with E-state index in [1.807, 2.05) is 19.1 Å². The minimum absolute atomic E-state index is 0. The van der Waals surface area contributed by atoms with Gasteiger partial charge in [-0.1, -0.05) is 41.4 Å². The minimum Gasteiger partial charge on any atom is -0.506 e. The van der Waals surface area contributed by atoms with Gasteiger partial charge in [0.15, 0.2) is 0 Å². The van der Waals surface area contributed by atoms with Crippen LogP contribution >= 0.6 is 35.6 Å². The van der Waals surface area contributed by atoms with Crippen molar-refractivity contribution < 1.29 is 5.11 Å². The molecular weight excluding hydrogens is 307 g/mol. The molecule has 0 bridgehead atoms. The first-order valence-electron chi connectivity index (χ1n) is 5.17. The van der Waals surface area contributed by atoms with Crippen molar-refractivity contribution in [2.75, 3.05) is 11.5 Å². The molecule has 0 aliphatic heterocycles. The van der Waals surface area contributed by atoms with Crippen molar-refractivity contribution >= 4 is 47.0 Å². The number of hydrogen-bond acceptors (Lipinski definition) is 3. The van der Waals surface area contributed by atoms with E-state index in [1.165, 1.54) is 6.07 Å². The topological polar surface area (TPSA) is 72.3 Å². The van der Waals surface area contributed by atoms with Crippen LogP contribution < -0.4 is 11.5 Å². The third kappa shape index (κ3) is 5.07. The van der Waals surface area contributed by atoms with Crippen LogP contribution in [0.25, 0.3) is 0 Å². The van der Waals surface area contributed by atoms with Crippen LogP contribution in [0.5, 0.6) is 5.75 Å². The minimum atomic E-state index is 0. The number of anilines is 2. The van der Waals surface area contributed by atoms with Gasteiger partial charge in [0.05, 0.1) is 16.4 Å². The molecule has 0 aliphatic rings. The largest absolute Gasteiger partial charge is 0.506 e. The highest BCUT2D eigenvalue weighted by atomic mass is 35.5. The Bertz CT molecular complexity index is 457. The lowest BCUT2D eigenvalue weighted by Crippen LogP contribution is -1.86. The zero-order valence-electron chi connectivity index (χ0n) is 10.2. The van der Waals surface area contributed by atoms with E-state index in [0.29, 0.717) is 16.4 Å². The van der Waals surface area contributed by atoms with Gasteiger partial charge in [-0.25, -0.2) is 0 Å². The first-order chi connectivity index (χ1) is 8.43. The Morgan fingerprint density at radius 2 is 1.37 bits per heavy atom. The second-order valence-electron chi connectivity index (χ2n) is 3.66. The molecule has 0 radical (unpaired) electrons. The Labute approximate surface area is 128 Å². The van der Waals surface area contributed by atoms with E-state index in [-0.39, 0.29) is 23.2 Å². The van der Waals surface area contributed by atoms with Gasteiger partial charge in [-0.2, -0.15) is 0 Å². The standard InChI is InChI=1S/C7H8ClN.C6H6ClNO.ClH/c1-5-3-2-4-6(9)7(5)8;7-6-4(8)2-1-3-5(6)9;/h2-4H,9H2,1H3;1-3,9H,8H2;1H. The highest BCUT2D eigenvalue weighted by molar-refractivity contribution is 6.34. The normalized spacial score (nSPS) is 9.00. The molecule has 2 aromatic rings. The lowest BCUT2D eigenvalue weighted by Gasteiger charge is -1.98. The molecule has 3 nitrogen and oxygen atoms in total.